The minimum Gasteiger partial charge on any atom is -0.506 e. The summed E-state index contributed by atoms with van der Waals surface area (Å²) < 4.78 is 5.26. The van der Waals surface area contributed by atoms with Crippen LogP contribution in [0.15, 0.2) is 36.4 Å². The van der Waals surface area contributed by atoms with Crippen molar-refractivity contribution in [3.8, 4) is 5.75 Å². The SMILES string of the molecule is O=C(O)Cc1ccc(O)c(NC(=O)c2ccc(N3CCOCC3)c([N+](=O)[O-])c2)c1. The zero-order valence-corrected chi connectivity index (χ0v) is 15.3. The van der Waals surface area contributed by atoms with Crippen LogP contribution in [0.1, 0.15) is 15.9 Å². The van der Waals surface area contributed by atoms with E-state index in [2.05, 4.69) is 5.32 Å². The molecule has 1 amide bonds. The summed E-state index contributed by atoms with van der Waals surface area (Å²) in [4.78, 5) is 36.2. The first-order valence-electron chi connectivity index (χ1n) is 8.81. The number of amides is 1. The maximum absolute atomic E-state index is 12.6. The van der Waals surface area contributed by atoms with Gasteiger partial charge in [0.15, 0.2) is 0 Å². The molecule has 29 heavy (non-hydrogen) atoms. The van der Waals surface area contributed by atoms with E-state index in [4.69, 9.17) is 9.84 Å². The van der Waals surface area contributed by atoms with E-state index in [1.165, 1.54) is 36.4 Å². The lowest BCUT2D eigenvalue weighted by Gasteiger charge is -2.28. The van der Waals surface area contributed by atoms with Gasteiger partial charge in [-0.05, 0) is 29.8 Å². The van der Waals surface area contributed by atoms with Crippen molar-refractivity contribution in [1.82, 2.24) is 0 Å². The van der Waals surface area contributed by atoms with Crippen LogP contribution in [0.4, 0.5) is 17.1 Å². The van der Waals surface area contributed by atoms with Crippen molar-refractivity contribution in [3.63, 3.8) is 0 Å². The van der Waals surface area contributed by atoms with Crippen molar-refractivity contribution in [2.75, 3.05) is 36.5 Å². The number of nitrogens with zero attached hydrogens (tertiary/aromatic N) is 2. The third-order valence-corrected chi connectivity index (χ3v) is 4.45. The third kappa shape index (κ3) is 4.79. The lowest BCUT2D eigenvalue weighted by molar-refractivity contribution is -0.384. The van der Waals surface area contributed by atoms with Crippen LogP contribution in [-0.2, 0) is 16.0 Å². The summed E-state index contributed by atoms with van der Waals surface area (Å²) in [6.45, 7) is 1.95. The quantitative estimate of drug-likeness (QED) is 0.379. The van der Waals surface area contributed by atoms with Crippen LogP contribution in [-0.4, -0.2) is 53.3 Å². The summed E-state index contributed by atoms with van der Waals surface area (Å²) in [5.41, 5.74) is 0.647. The van der Waals surface area contributed by atoms with Crippen molar-refractivity contribution in [3.05, 3.63) is 57.6 Å². The van der Waals surface area contributed by atoms with E-state index in [9.17, 15) is 24.8 Å². The number of rotatable bonds is 6. The Balaban J connectivity index is 1.85. The van der Waals surface area contributed by atoms with Gasteiger partial charge in [0.05, 0.1) is 30.2 Å². The molecule has 0 aliphatic carbocycles. The van der Waals surface area contributed by atoms with Crippen molar-refractivity contribution in [2.45, 2.75) is 6.42 Å². The van der Waals surface area contributed by atoms with Crippen LogP contribution in [0.5, 0.6) is 5.75 Å². The Hall–Kier alpha value is -3.66. The molecule has 0 aromatic heterocycles. The molecule has 0 unspecified atom stereocenters. The second kappa shape index (κ2) is 8.57. The van der Waals surface area contributed by atoms with E-state index in [0.717, 1.165) is 0 Å². The lowest BCUT2D eigenvalue weighted by Crippen LogP contribution is -2.36. The number of carboxylic acids is 1. The fraction of sp³-hybridized carbons (Fsp3) is 0.263. The molecule has 1 fully saturated rings. The largest absolute Gasteiger partial charge is 0.506 e. The molecule has 1 aliphatic heterocycles. The fourth-order valence-electron chi connectivity index (χ4n) is 3.04. The summed E-state index contributed by atoms with van der Waals surface area (Å²) in [5.74, 6) is -1.96. The average molecular weight is 401 g/mol. The molecular formula is C19H19N3O7. The Morgan fingerprint density at radius 1 is 1.17 bits per heavy atom. The zero-order valence-electron chi connectivity index (χ0n) is 15.3. The van der Waals surface area contributed by atoms with E-state index in [-0.39, 0.29) is 29.1 Å². The van der Waals surface area contributed by atoms with Gasteiger partial charge in [-0.3, -0.25) is 19.7 Å². The van der Waals surface area contributed by atoms with E-state index in [1.54, 1.807) is 0 Å². The van der Waals surface area contributed by atoms with Crippen molar-refractivity contribution in [2.24, 2.45) is 0 Å². The van der Waals surface area contributed by atoms with Crippen LogP contribution in [0.2, 0.25) is 0 Å². The highest BCUT2D eigenvalue weighted by molar-refractivity contribution is 6.06. The number of benzene rings is 2. The van der Waals surface area contributed by atoms with Gasteiger partial charge in [-0.15, -0.1) is 0 Å². The van der Waals surface area contributed by atoms with Gasteiger partial charge in [0.2, 0.25) is 0 Å². The first kappa shape index (κ1) is 20.1. The van der Waals surface area contributed by atoms with Crippen LogP contribution < -0.4 is 10.2 Å². The number of hydrogen-bond donors (Lipinski definition) is 3. The molecule has 2 aromatic carbocycles. The van der Waals surface area contributed by atoms with Crippen molar-refractivity contribution < 1.29 is 29.5 Å². The van der Waals surface area contributed by atoms with Gasteiger partial charge in [-0.2, -0.15) is 0 Å². The maximum atomic E-state index is 12.6. The molecule has 0 spiro atoms. The normalized spacial score (nSPS) is 13.7. The highest BCUT2D eigenvalue weighted by Crippen LogP contribution is 2.31. The number of nitro groups is 1. The highest BCUT2D eigenvalue weighted by Gasteiger charge is 2.23. The zero-order chi connectivity index (χ0) is 21.0. The predicted molar refractivity (Wildman–Crippen MR) is 104 cm³/mol. The van der Waals surface area contributed by atoms with Crippen molar-refractivity contribution in [1.29, 1.82) is 0 Å². The summed E-state index contributed by atoms with van der Waals surface area (Å²) in [5, 5.41) is 32.8. The lowest BCUT2D eigenvalue weighted by atomic mass is 10.1. The summed E-state index contributed by atoms with van der Waals surface area (Å²) in [6, 6.07) is 8.21. The summed E-state index contributed by atoms with van der Waals surface area (Å²) >= 11 is 0. The second-order valence-electron chi connectivity index (χ2n) is 6.44. The van der Waals surface area contributed by atoms with Gasteiger partial charge in [0.25, 0.3) is 11.6 Å². The molecule has 0 radical (unpaired) electrons. The fourth-order valence-corrected chi connectivity index (χ4v) is 3.04. The molecule has 10 nitrogen and oxygen atoms in total. The Morgan fingerprint density at radius 3 is 2.55 bits per heavy atom. The van der Waals surface area contributed by atoms with Crippen LogP contribution >= 0.6 is 0 Å². The summed E-state index contributed by atoms with van der Waals surface area (Å²) in [7, 11) is 0. The number of nitro benzene ring substituents is 1. The van der Waals surface area contributed by atoms with E-state index in [0.29, 0.717) is 37.6 Å². The monoisotopic (exact) mass is 401 g/mol. The first-order chi connectivity index (χ1) is 13.8. The van der Waals surface area contributed by atoms with Gasteiger partial charge in [-0.1, -0.05) is 6.07 Å². The number of aliphatic carboxylic acids is 1. The molecule has 2 aromatic rings. The van der Waals surface area contributed by atoms with E-state index in [1.807, 2.05) is 4.90 Å². The molecular weight excluding hydrogens is 382 g/mol. The Morgan fingerprint density at radius 2 is 1.90 bits per heavy atom. The number of nitrogens with one attached hydrogen (secondary N) is 1. The maximum Gasteiger partial charge on any atom is 0.307 e. The minimum absolute atomic E-state index is 0.0219. The number of anilines is 2. The summed E-state index contributed by atoms with van der Waals surface area (Å²) in [6.07, 6.45) is -0.275. The van der Waals surface area contributed by atoms with Gasteiger partial charge < -0.3 is 25.2 Å². The molecule has 0 atom stereocenters. The van der Waals surface area contributed by atoms with Crippen molar-refractivity contribution >= 4 is 28.9 Å². The number of carboxylic acid groups (broad SMARTS) is 1. The van der Waals surface area contributed by atoms with Gasteiger partial charge >= 0.3 is 5.97 Å². The van der Waals surface area contributed by atoms with Gasteiger partial charge in [0.1, 0.15) is 11.4 Å². The molecule has 10 heteroatoms. The number of phenolic OH excluding ortho intramolecular Hbond substituents is 1. The van der Waals surface area contributed by atoms with Crippen LogP contribution in [0, 0.1) is 10.1 Å². The van der Waals surface area contributed by atoms with E-state index < -0.39 is 16.8 Å². The molecule has 3 N–H and O–H groups in total. The number of morpholine rings is 1. The van der Waals surface area contributed by atoms with E-state index >= 15 is 0 Å². The second-order valence-corrected chi connectivity index (χ2v) is 6.44. The Kier molecular flexibility index (Phi) is 5.93. The number of hydrogen-bond acceptors (Lipinski definition) is 7. The van der Waals surface area contributed by atoms with Crippen LogP contribution in [0.25, 0.3) is 0 Å². The smallest absolute Gasteiger partial charge is 0.307 e. The van der Waals surface area contributed by atoms with Crippen LogP contribution in [0.3, 0.4) is 0 Å². The third-order valence-electron chi connectivity index (χ3n) is 4.45. The number of aromatic hydroxyl groups is 1. The average Bonchev–Trinajstić information content (AvgIpc) is 2.70. The molecule has 1 saturated heterocycles. The van der Waals surface area contributed by atoms with Gasteiger partial charge in [0, 0.05) is 24.7 Å². The number of phenols is 1. The minimum atomic E-state index is -1.05. The molecule has 0 bridgehead atoms. The Labute approximate surface area is 165 Å². The molecule has 1 heterocycles. The molecule has 0 saturated carbocycles. The molecule has 152 valence electrons. The number of ether oxygens (including phenoxy) is 1. The predicted octanol–water partition coefficient (Wildman–Crippen LogP) is 2.02. The topological polar surface area (TPSA) is 142 Å². The standard InChI is InChI=1S/C19H19N3O7/c23-17-4-1-12(10-18(24)25)9-14(17)20-19(26)13-2-3-15(16(11-13)22(27)28)21-5-7-29-8-6-21/h1-4,9,11,23H,5-8,10H2,(H,20,26)(H,24,25). The van der Waals surface area contributed by atoms with Gasteiger partial charge in [-0.25, -0.2) is 0 Å². The molecule has 3 rings (SSSR count). The highest BCUT2D eigenvalue weighted by atomic mass is 16.6. The Bertz CT molecular complexity index is 955. The number of carbonyl (C=O) groups is 2. The number of carbonyl (C=O) groups excluding carboxylic acids is 1. The first-order valence-corrected chi connectivity index (χ1v) is 8.81. The molecule has 1 aliphatic rings.